The second-order valence-corrected chi connectivity index (χ2v) is 7.13. The first-order chi connectivity index (χ1) is 11.6. The number of carbonyl (C=O) groups excluding carboxylic acids is 1. The molecule has 130 valence electrons. The number of benzene rings is 1. The summed E-state index contributed by atoms with van der Waals surface area (Å²) in [5.41, 5.74) is 2.47. The van der Waals surface area contributed by atoms with E-state index in [0.717, 1.165) is 26.2 Å². The molecule has 1 aromatic carbocycles. The quantitative estimate of drug-likeness (QED) is 0.790. The Morgan fingerprint density at radius 3 is 3.00 bits per heavy atom. The molecule has 0 aliphatic carbocycles. The van der Waals surface area contributed by atoms with E-state index in [2.05, 4.69) is 50.8 Å². The predicted molar refractivity (Wildman–Crippen MR) is 98.0 cm³/mol. The van der Waals surface area contributed by atoms with Crippen LogP contribution in [-0.4, -0.2) is 41.6 Å². The number of nitrogens with zero attached hydrogens (tertiary/aromatic N) is 1. The normalized spacial score (nSPS) is 18.9. The van der Waals surface area contributed by atoms with Crippen molar-refractivity contribution in [2.24, 2.45) is 5.92 Å². The van der Waals surface area contributed by atoms with Crippen molar-refractivity contribution in [3.63, 3.8) is 0 Å². The molecular formula is C19H28N4O. The molecule has 0 bridgehead atoms. The molecule has 1 atom stereocenters. The largest absolute Gasteiger partial charge is 0.357 e. The number of para-hydroxylation sites is 1. The third kappa shape index (κ3) is 4.51. The van der Waals surface area contributed by atoms with Crippen LogP contribution in [0.4, 0.5) is 4.79 Å². The molecule has 2 aromatic rings. The number of aromatic amines is 1. The number of amides is 2. The topological polar surface area (TPSA) is 60.2 Å². The first-order valence-electron chi connectivity index (χ1n) is 8.93. The molecule has 1 fully saturated rings. The fraction of sp³-hybridized carbons (Fsp3) is 0.526. The Morgan fingerprint density at radius 2 is 2.21 bits per heavy atom. The van der Waals surface area contributed by atoms with Crippen LogP contribution in [0.25, 0.3) is 10.9 Å². The molecule has 2 heterocycles. The van der Waals surface area contributed by atoms with Gasteiger partial charge < -0.3 is 15.6 Å². The van der Waals surface area contributed by atoms with E-state index in [1.807, 2.05) is 13.8 Å². The Kier molecular flexibility index (Phi) is 5.41. The summed E-state index contributed by atoms with van der Waals surface area (Å²) in [5, 5.41) is 7.16. The molecule has 0 radical (unpaired) electrons. The molecule has 0 unspecified atom stereocenters. The van der Waals surface area contributed by atoms with Crippen LogP contribution in [-0.2, 0) is 6.54 Å². The maximum atomic E-state index is 11.7. The number of hydrogen-bond acceptors (Lipinski definition) is 2. The van der Waals surface area contributed by atoms with E-state index in [0.29, 0.717) is 5.92 Å². The monoisotopic (exact) mass is 328 g/mol. The lowest BCUT2D eigenvalue weighted by atomic mass is 9.98. The first kappa shape index (κ1) is 16.8. The highest BCUT2D eigenvalue weighted by atomic mass is 16.2. The molecule has 24 heavy (non-hydrogen) atoms. The van der Waals surface area contributed by atoms with E-state index in [-0.39, 0.29) is 12.1 Å². The molecule has 1 aliphatic heterocycles. The Bertz CT molecular complexity index is 646. The van der Waals surface area contributed by atoms with Gasteiger partial charge in [0.1, 0.15) is 0 Å². The summed E-state index contributed by atoms with van der Waals surface area (Å²) in [7, 11) is 0. The zero-order valence-corrected chi connectivity index (χ0v) is 14.6. The molecule has 2 amide bonds. The molecule has 0 spiro atoms. The van der Waals surface area contributed by atoms with Gasteiger partial charge in [-0.15, -0.1) is 0 Å². The number of rotatable bonds is 5. The van der Waals surface area contributed by atoms with Gasteiger partial charge in [0, 0.05) is 36.9 Å². The second kappa shape index (κ2) is 7.71. The van der Waals surface area contributed by atoms with E-state index in [1.54, 1.807) is 0 Å². The van der Waals surface area contributed by atoms with Crippen LogP contribution >= 0.6 is 0 Å². The molecule has 5 nitrogen and oxygen atoms in total. The van der Waals surface area contributed by atoms with E-state index >= 15 is 0 Å². The lowest BCUT2D eigenvalue weighted by molar-refractivity contribution is 0.163. The number of urea groups is 1. The lowest BCUT2D eigenvalue weighted by Crippen LogP contribution is -2.45. The van der Waals surface area contributed by atoms with Crippen LogP contribution in [0.15, 0.2) is 30.3 Å². The van der Waals surface area contributed by atoms with Gasteiger partial charge in [-0.25, -0.2) is 4.79 Å². The van der Waals surface area contributed by atoms with Gasteiger partial charge in [0.2, 0.25) is 0 Å². The third-order valence-corrected chi connectivity index (χ3v) is 4.55. The molecular weight excluding hydrogens is 300 g/mol. The summed E-state index contributed by atoms with van der Waals surface area (Å²) in [6.07, 6.45) is 2.38. The minimum atomic E-state index is -0.0576. The number of aromatic nitrogens is 1. The Labute approximate surface area is 143 Å². The molecule has 1 aromatic heterocycles. The SMILES string of the molecule is CC(C)NC(=O)NC[C@H]1CCCN(Cc2cc3ccccc3[nH]2)C1. The summed E-state index contributed by atoms with van der Waals surface area (Å²) < 4.78 is 0. The van der Waals surface area contributed by atoms with Crippen LogP contribution in [0.2, 0.25) is 0 Å². The van der Waals surface area contributed by atoms with Crippen molar-refractivity contribution in [1.82, 2.24) is 20.5 Å². The summed E-state index contributed by atoms with van der Waals surface area (Å²) in [4.78, 5) is 17.7. The molecule has 5 heteroatoms. The van der Waals surface area contributed by atoms with Gasteiger partial charge in [-0.1, -0.05) is 18.2 Å². The van der Waals surface area contributed by atoms with E-state index < -0.39 is 0 Å². The highest BCUT2D eigenvalue weighted by Crippen LogP contribution is 2.20. The maximum Gasteiger partial charge on any atom is 0.314 e. The van der Waals surface area contributed by atoms with Crippen molar-refractivity contribution in [3.05, 3.63) is 36.0 Å². The van der Waals surface area contributed by atoms with Gasteiger partial charge in [-0.05, 0) is 56.7 Å². The molecule has 1 saturated heterocycles. The molecule has 3 N–H and O–H groups in total. The third-order valence-electron chi connectivity index (χ3n) is 4.55. The second-order valence-electron chi connectivity index (χ2n) is 7.13. The van der Waals surface area contributed by atoms with E-state index in [4.69, 9.17) is 0 Å². The molecule has 1 aliphatic rings. The minimum absolute atomic E-state index is 0.0576. The maximum absolute atomic E-state index is 11.7. The van der Waals surface area contributed by atoms with Crippen LogP contribution in [0.5, 0.6) is 0 Å². The van der Waals surface area contributed by atoms with Crippen molar-refractivity contribution in [3.8, 4) is 0 Å². The average Bonchev–Trinajstić information content (AvgIpc) is 2.95. The first-order valence-corrected chi connectivity index (χ1v) is 8.93. The lowest BCUT2D eigenvalue weighted by Gasteiger charge is -2.32. The van der Waals surface area contributed by atoms with E-state index in [1.165, 1.54) is 29.4 Å². The number of hydrogen-bond donors (Lipinski definition) is 3. The van der Waals surface area contributed by atoms with Gasteiger partial charge in [0.05, 0.1) is 0 Å². The summed E-state index contributed by atoms with van der Waals surface area (Å²) >= 11 is 0. The number of carbonyl (C=O) groups is 1. The van der Waals surface area contributed by atoms with Crippen molar-refractivity contribution in [1.29, 1.82) is 0 Å². The van der Waals surface area contributed by atoms with Crippen molar-refractivity contribution in [2.75, 3.05) is 19.6 Å². The van der Waals surface area contributed by atoms with Gasteiger partial charge >= 0.3 is 6.03 Å². The van der Waals surface area contributed by atoms with Gasteiger partial charge in [0.25, 0.3) is 0 Å². The summed E-state index contributed by atoms with van der Waals surface area (Å²) in [6, 6.07) is 10.8. The highest BCUT2D eigenvalue weighted by molar-refractivity contribution is 5.80. The zero-order chi connectivity index (χ0) is 16.9. The van der Waals surface area contributed by atoms with Gasteiger partial charge in [0.15, 0.2) is 0 Å². The van der Waals surface area contributed by atoms with Crippen LogP contribution in [0, 0.1) is 5.92 Å². The van der Waals surface area contributed by atoms with Crippen molar-refractivity contribution >= 4 is 16.9 Å². The van der Waals surface area contributed by atoms with Crippen LogP contribution < -0.4 is 10.6 Å². The standard InChI is InChI=1S/C19H28N4O/c1-14(2)21-19(24)20-11-15-6-5-9-23(12-15)13-17-10-16-7-3-4-8-18(16)22-17/h3-4,7-8,10,14-15,22H,5-6,9,11-13H2,1-2H3,(H2,20,21,24)/t15-/m1/s1. The summed E-state index contributed by atoms with van der Waals surface area (Å²) in [5.74, 6) is 0.529. The Balaban J connectivity index is 1.51. The van der Waals surface area contributed by atoms with Gasteiger partial charge in [-0.3, -0.25) is 4.90 Å². The zero-order valence-electron chi connectivity index (χ0n) is 14.6. The van der Waals surface area contributed by atoms with E-state index in [9.17, 15) is 4.79 Å². The smallest absolute Gasteiger partial charge is 0.314 e. The number of H-pyrrole nitrogens is 1. The predicted octanol–water partition coefficient (Wildman–Crippen LogP) is 3.09. The van der Waals surface area contributed by atoms with Gasteiger partial charge in [-0.2, -0.15) is 0 Å². The Morgan fingerprint density at radius 1 is 1.38 bits per heavy atom. The molecule has 3 rings (SSSR count). The number of piperidine rings is 1. The van der Waals surface area contributed by atoms with Crippen LogP contribution in [0.1, 0.15) is 32.4 Å². The molecule has 0 saturated carbocycles. The highest BCUT2D eigenvalue weighted by Gasteiger charge is 2.21. The summed E-state index contributed by atoms with van der Waals surface area (Å²) in [6.45, 7) is 7.82. The minimum Gasteiger partial charge on any atom is -0.357 e. The number of likely N-dealkylation sites (tertiary alicyclic amines) is 1. The fourth-order valence-corrected chi connectivity index (χ4v) is 3.47. The fourth-order valence-electron chi connectivity index (χ4n) is 3.47. The van der Waals surface area contributed by atoms with Crippen molar-refractivity contribution in [2.45, 2.75) is 39.3 Å². The average molecular weight is 328 g/mol. The van der Waals surface area contributed by atoms with Crippen LogP contribution in [0.3, 0.4) is 0 Å². The number of nitrogens with one attached hydrogen (secondary N) is 3. The Hall–Kier alpha value is -2.01. The number of fused-ring (bicyclic) bond motifs is 1. The van der Waals surface area contributed by atoms with Crippen molar-refractivity contribution < 1.29 is 4.79 Å².